The molecule has 2 heterocycles. The van der Waals surface area contributed by atoms with Crippen molar-refractivity contribution in [2.75, 3.05) is 26.2 Å². The maximum atomic E-state index is 12.2. The molecule has 2 N–H and O–H groups in total. The van der Waals surface area contributed by atoms with Gasteiger partial charge < -0.3 is 15.5 Å². The van der Waals surface area contributed by atoms with Crippen LogP contribution in [0.1, 0.15) is 65.0 Å². The second-order valence-electron chi connectivity index (χ2n) is 6.89. The number of hydroxylamine groups is 2. The van der Waals surface area contributed by atoms with Gasteiger partial charge in [-0.05, 0) is 25.8 Å². The number of carbonyl (C=O) groups excluding carboxylic acids is 5. The van der Waals surface area contributed by atoms with E-state index in [-0.39, 0.29) is 63.7 Å². The number of rotatable bonds is 11. The van der Waals surface area contributed by atoms with Crippen molar-refractivity contribution in [1.82, 2.24) is 20.6 Å². The topological polar surface area (TPSA) is 125 Å². The molecule has 1 atom stereocenters. The Labute approximate surface area is 177 Å². The van der Waals surface area contributed by atoms with Crippen molar-refractivity contribution in [2.24, 2.45) is 0 Å². The van der Waals surface area contributed by atoms with Gasteiger partial charge in [0.2, 0.25) is 11.8 Å². The van der Waals surface area contributed by atoms with Gasteiger partial charge in [-0.15, -0.1) is 5.06 Å². The van der Waals surface area contributed by atoms with E-state index < -0.39 is 36.9 Å². The maximum Gasteiger partial charge on any atom is 0.334 e. The molecule has 2 aliphatic heterocycles. The van der Waals surface area contributed by atoms with Crippen molar-refractivity contribution < 1.29 is 35.7 Å². The summed E-state index contributed by atoms with van der Waals surface area (Å²) in [6.45, 7) is -2.23. The van der Waals surface area contributed by atoms with E-state index in [0.29, 0.717) is 18.0 Å². The SMILES string of the molecule is [2H]C([2H])([2H])C([2H])([2H])[13CH2][13CH]1[13CH2][13CH2][13CH2]N1[13CH2][13C](=O)NCCC(=O)[15NH]CC[13C](=O)ON1C(=O)CCC1=O. The van der Waals surface area contributed by atoms with Gasteiger partial charge in [-0.3, -0.25) is 24.1 Å². The van der Waals surface area contributed by atoms with Crippen LogP contribution in [-0.2, 0) is 28.8 Å². The number of likely N-dealkylation sites (tertiary alicyclic amines) is 1. The molecule has 0 aromatic heterocycles. The molecule has 2 fully saturated rings. The van der Waals surface area contributed by atoms with Crippen molar-refractivity contribution in [1.29, 1.82) is 0 Å². The molecule has 2 saturated heterocycles. The van der Waals surface area contributed by atoms with Gasteiger partial charge in [0.15, 0.2) is 0 Å². The highest BCUT2D eigenvalue weighted by molar-refractivity contribution is 6.01. The van der Waals surface area contributed by atoms with Crippen molar-refractivity contribution in [3.63, 3.8) is 0 Å². The van der Waals surface area contributed by atoms with Crippen LogP contribution in [0.25, 0.3) is 0 Å². The zero-order valence-electron chi connectivity index (χ0n) is 21.2. The average Bonchev–Trinajstić information content (AvgIpc) is 3.27. The number of imide groups is 1. The first-order valence-corrected chi connectivity index (χ1v) is 9.64. The zero-order valence-corrected chi connectivity index (χ0v) is 16.2. The highest BCUT2D eigenvalue weighted by Crippen LogP contribution is 2.20. The third-order valence-corrected chi connectivity index (χ3v) is 4.71. The van der Waals surface area contributed by atoms with E-state index in [9.17, 15) is 24.0 Å². The van der Waals surface area contributed by atoms with Gasteiger partial charge in [-0.1, -0.05) is 13.2 Å². The second-order valence-corrected chi connectivity index (χ2v) is 6.89. The van der Waals surface area contributed by atoms with Crippen LogP contribution in [-0.4, -0.2) is 71.8 Å². The molecule has 162 valence electrons. The Morgan fingerprint density at radius 2 is 1.83 bits per heavy atom. The molecular weight excluding hydrogens is 389 g/mol. The van der Waals surface area contributed by atoms with E-state index in [1.807, 2.05) is 0 Å². The zero-order chi connectivity index (χ0) is 25.5. The lowest BCUT2D eigenvalue weighted by molar-refractivity contribution is -0.197. The standard InChI is InChI=1S/C19H30N4O6/c1-2-4-14-5-3-12-22(14)13-16(25)21-10-8-15(24)20-11-9-19(28)29-23-17(26)6-7-18(23)27/h14H,2-13H2,1H3,(H,20,24)(H,21,25)/i1D3,2D2,3+1,4+1,5+1,12+1,13+1,14+1,16+1,19+1,20+1. The number of hydrogen-bond acceptors (Lipinski definition) is 7. The minimum absolute atomic E-state index is 0.00947. The summed E-state index contributed by atoms with van der Waals surface area (Å²) in [5, 5.41) is 5.49. The molecule has 0 aromatic carbocycles. The van der Waals surface area contributed by atoms with E-state index in [1.54, 1.807) is 4.90 Å². The highest BCUT2D eigenvalue weighted by atomic mass is 16.8. The molecule has 0 aromatic rings. The fourth-order valence-electron chi connectivity index (χ4n) is 3.21. The fraction of sp³-hybridized carbons (Fsp3) is 0.737. The quantitative estimate of drug-likeness (QED) is 0.269. The summed E-state index contributed by atoms with van der Waals surface area (Å²) in [4.78, 5) is 64.9. The Balaban J connectivity index is 1.62. The van der Waals surface area contributed by atoms with Crippen LogP contribution in [0.2, 0.25) is 0 Å². The Morgan fingerprint density at radius 3 is 2.55 bits per heavy atom. The Kier molecular flexibility index (Phi) is 6.47. The van der Waals surface area contributed by atoms with E-state index >= 15 is 0 Å². The van der Waals surface area contributed by atoms with Crippen molar-refractivity contribution in [3.8, 4) is 0 Å². The van der Waals surface area contributed by atoms with Gasteiger partial charge in [0.05, 0.1) is 13.0 Å². The predicted molar refractivity (Wildman–Crippen MR) is 102 cm³/mol. The third kappa shape index (κ3) is 7.45. The normalized spacial score (nSPS) is 23.0. The van der Waals surface area contributed by atoms with Crippen LogP contribution in [0.3, 0.4) is 0 Å². The largest absolute Gasteiger partial charge is 0.355 e. The van der Waals surface area contributed by atoms with Gasteiger partial charge >= 0.3 is 5.97 Å². The average molecular weight is 424 g/mol. The number of amides is 4. The summed E-state index contributed by atoms with van der Waals surface area (Å²) in [6.07, 6.45) is -1.50. The predicted octanol–water partition coefficient (Wildman–Crippen LogP) is -0.129. The second kappa shape index (κ2) is 11.5. The molecule has 4 amide bonds. The van der Waals surface area contributed by atoms with Crippen molar-refractivity contribution in [3.05, 3.63) is 0 Å². The number of nitrogens with one attached hydrogen (secondary N) is 2. The monoisotopic (exact) mass is 424 g/mol. The molecule has 0 saturated carbocycles. The smallest absolute Gasteiger partial charge is 0.334 e. The lowest BCUT2D eigenvalue weighted by atomic mass is 10.4. The summed E-state index contributed by atoms with van der Waals surface area (Å²) in [5.41, 5.74) is 0. The van der Waals surface area contributed by atoms with Gasteiger partial charge in [0, 0.05) is 45.2 Å². The molecule has 0 spiro atoms. The first-order valence-electron chi connectivity index (χ1n) is 12.1. The molecule has 0 bridgehead atoms. The molecule has 2 rings (SSSR count). The van der Waals surface area contributed by atoms with Crippen LogP contribution in [0.15, 0.2) is 0 Å². The first kappa shape index (κ1) is 16.3. The lowest BCUT2D eigenvalue weighted by Gasteiger charge is -2.23. The summed E-state index contributed by atoms with van der Waals surface area (Å²) in [7, 11) is 0. The van der Waals surface area contributed by atoms with Crippen LogP contribution in [0.4, 0.5) is 0 Å². The number of carbonyl (C=O) groups is 5. The Morgan fingerprint density at radius 1 is 1.14 bits per heavy atom. The first-order chi connectivity index (χ1) is 15.8. The summed E-state index contributed by atoms with van der Waals surface area (Å²) >= 11 is 0. The summed E-state index contributed by atoms with van der Waals surface area (Å²) < 4.78 is 37.6. The minimum Gasteiger partial charge on any atom is -0.355 e. The molecule has 29 heavy (non-hydrogen) atoms. The van der Waals surface area contributed by atoms with Crippen LogP contribution >= 0.6 is 0 Å². The Hall–Kier alpha value is -2.49. The molecular formula is C19H30N4O6. The van der Waals surface area contributed by atoms with Gasteiger partial charge in [0.1, 0.15) is 0 Å². The van der Waals surface area contributed by atoms with E-state index in [4.69, 9.17) is 6.85 Å². The van der Waals surface area contributed by atoms with Gasteiger partial charge in [0.25, 0.3) is 11.8 Å². The van der Waals surface area contributed by atoms with E-state index in [2.05, 4.69) is 15.5 Å². The highest BCUT2D eigenvalue weighted by Gasteiger charge is 2.32. The van der Waals surface area contributed by atoms with Gasteiger partial charge in [-0.2, -0.15) is 0 Å². The molecule has 0 aliphatic carbocycles. The summed E-state index contributed by atoms with van der Waals surface area (Å²) in [5.74, 6) is -2.80. The van der Waals surface area contributed by atoms with Crippen molar-refractivity contribution >= 4 is 29.6 Å². The van der Waals surface area contributed by atoms with Crippen LogP contribution in [0.5, 0.6) is 0 Å². The Bertz CT molecular complexity index is 791. The molecule has 10 nitrogen and oxygen atoms in total. The fourth-order valence-corrected chi connectivity index (χ4v) is 3.21. The molecule has 10 heteroatoms. The minimum atomic E-state index is -2.74. The number of nitrogens with zero attached hydrogens (tertiary/aromatic N) is 2. The molecule has 0 radical (unpaired) electrons. The molecule has 1 unspecified atom stereocenters. The van der Waals surface area contributed by atoms with Gasteiger partial charge in [-0.25, -0.2) is 4.79 Å². The lowest BCUT2D eigenvalue weighted by Crippen LogP contribution is -2.41. The molecule has 2 aliphatic rings. The third-order valence-electron chi connectivity index (χ3n) is 4.71. The van der Waals surface area contributed by atoms with Crippen LogP contribution < -0.4 is 10.6 Å². The maximum absolute atomic E-state index is 12.2. The summed E-state index contributed by atoms with van der Waals surface area (Å²) in [6, 6.07) is -0.352. The number of hydrogen-bond donors (Lipinski definition) is 2. The van der Waals surface area contributed by atoms with E-state index in [1.165, 1.54) is 0 Å². The van der Waals surface area contributed by atoms with E-state index in [0.717, 1.165) is 6.42 Å². The van der Waals surface area contributed by atoms with Crippen molar-refractivity contribution in [2.45, 2.75) is 64.2 Å². The van der Waals surface area contributed by atoms with Crippen LogP contribution in [0, 0.1) is 0 Å².